The highest BCUT2D eigenvalue weighted by atomic mass is 79.9. The molecule has 0 aliphatic heterocycles. The van der Waals surface area contributed by atoms with E-state index in [1.807, 2.05) is 75.4 Å². The molecule has 0 spiro atoms. The Kier molecular flexibility index (Phi) is 6.61. The van der Waals surface area contributed by atoms with Crippen molar-refractivity contribution in [1.82, 2.24) is 4.31 Å². The molecule has 0 saturated heterocycles. The fourth-order valence-electron chi connectivity index (χ4n) is 2.65. The van der Waals surface area contributed by atoms with Crippen molar-refractivity contribution in [1.29, 1.82) is 0 Å². The minimum atomic E-state index is -3.41. The first-order chi connectivity index (χ1) is 11.3. The van der Waals surface area contributed by atoms with Crippen LogP contribution < -0.4 is 0 Å². The minimum Gasteiger partial charge on any atom is -0.212 e. The van der Waals surface area contributed by atoms with Crippen molar-refractivity contribution in [3.8, 4) is 0 Å². The van der Waals surface area contributed by atoms with Crippen LogP contribution in [0.1, 0.15) is 37.9 Å². The van der Waals surface area contributed by atoms with Crippen molar-refractivity contribution in [3.05, 3.63) is 70.2 Å². The standard InChI is InChI=1S/C19H24BrNO2S/c1-15(2)13-21(16(3)18-9-11-19(20)12-10-18)24(22,23)14-17-7-5-4-6-8-17/h4-12,15-16H,13-14H2,1-3H3/t16-/m0/s1. The predicted octanol–water partition coefficient (Wildman–Crippen LogP) is 5.00. The zero-order valence-corrected chi connectivity index (χ0v) is 16.7. The number of rotatable bonds is 7. The van der Waals surface area contributed by atoms with Gasteiger partial charge in [0.05, 0.1) is 5.75 Å². The monoisotopic (exact) mass is 409 g/mol. The van der Waals surface area contributed by atoms with Crippen LogP contribution in [0.3, 0.4) is 0 Å². The molecule has 0 aliphatic rings. The fraction of sp³-hybridized carbons (Fsp3) is 0.368. The molecule has 0 amide bonds. The molecule has 2 rings (SSSR count). The summed E-state index contributed by atoms with van der Waals surface area (Å²) in [5.74, 6) is 0.287. The highest BCUT2D eigenvalue weighted by Crippen LogP contribution is 2.27. The lowest BCUT2D eigenvalue weighted by Crippen LogP contribution is -2.37. The van der Waals surface area contributed by atoms with Gasteiger partial charge in [0.1, 0.15) is 0 Å². The van der Waals surface area contributed by atoms with Crippen molar-refractivity contribution in [2.24, 2.45) is 5.92 Å². The molecule has 2 aromatic rings. The van der Waals surface area contributed by atoms with E-state index < -0.39 is 10.0 Å². The van der Waals surface area contributed by atoms with Crippen molar-refractivity contribution in [2.45, 2.75) is 32.6 Å². The summed E-state index contributed by atoms with van der Waals surface area (Å²) in [6.45, 7) is 6.54. The zero-order valence-electron chi connectivity index (χ0n) is 14.3. The Morgan fingerprint density at radius 3 is 2.08 bits per heavy atom. The van der Waals surface area contributed by atoms with Gasteiger partial charge in [0.15, 0.2) is 0 Å². The first kappa shape index (κ1) is 19.2. The summed E-state index contributed by atoms with van der Waals surface area (Å²) in [5, 5.41) is 0. The van der Waals surface area contributed by atoms with E-state index >= 15 is 0 Å². The molecular formula is C19H24BrNO2S. The van der Waals surface area contributed by atoms with Gasteiger partial charge in [0.25, 0.3) is 0 Å². The van der Waals surface area contributed by atoms with Gasteiger partial charge in [-0.15, -0.1) is 0 Å². The van der Waals surface area contributed by atoms with Crippen molar-refractivity contribution in [2.75, 3.05) is 6.54 Å². The van der Waals surface area contributed by atoms with Crippen LogP contribution in [0.5, 0.6) is 0 Å². The van der Waals surface area contributed by atoms with Crippen molar-refractivity contribution >= 4 is 26.0 Å². The van der Waals surface area contributed by atoms with Gasteiger partial charge in [-0.3, -0.25) is 0 Å². The Hall–Kier alpha value is -1.17. The molecule has 2 aromatic carbocycles. The molecule has 24 heavy (non-hydrogen) atoms. The SMILES string of the molecule is CC(C)CN([C@@H](C)c1ccc(Br)cc1)S(=O)(=O)Cc1ccccc1. The second-order valence-electron chi connectivity index (χ2n) is 6.43. The molecule has 1 atom stereocenters. The predicted molar refractivity (Wildman–Crippen MR) is 103 cm³/mol. The van der Waals surface area contributed by atoms with Gasteiger partial charge >= 0.3 is 0 Å². The topological polar surface area (TPSA) is 37.4 Å². The van der Waals surface area contributed by atoms with Crippen LogP contribution in [0, 0.1) is 5.92 Å². The molecule has 0 N–H and O–H groups in total. The Bertz CT molecular complexity index is 743. The zero-order chi connectivity index (χ0) is 17.7. The number of hydrogen-bond donors (Lipinski definition) is 0. The molecule has 0 radical (unpaired) electrons. The van der Waals surface area contributed by atoms with Crippen LogP contribution in [-0.2, 0) is 15.8 Å². The summed E-state index contributed by atoms with van der Waals surface area (Å²) in [4.78, 5) is 0. The molecule has 0 aromatic heterocycles. The molecule has 0 bridgehead atoms. The van der Waals surface area contributed by atoms with E-state index in [2.05, 4.69) is 15.9 Å². The fourth-order valence-corrected chi connectivity index (χ4v) is 4.82. The van der Waals surface area contributed by atoms with Crippen molar-refractivity contribution in [3.63, 3.8) is 0 Å². The maximum absolute atomic E-state index is 13.0. The largest absolute Gasteiger partial charge is 0.218 e. The number of hydrogen-bond acceptors (Lipinski definition) is 2. The average Bonchev–Trinajstić information content (AvgIpc) is 2.53. The molecule has 0 aliphatic carbocycles. The van der Waals surface area contributed by atoms with Crippen LogP contribution in [0.15, 0.2) is 59.1 Å². The summed E-state index contributed by atoms with van der Waals surface area (Å²) in [6.07, 6.45) is 0. The van der Waals surface area contributed by atoms with Gasteiger partial charge in [-0.1, -0.05) is 72.2 Å². The van der Waals surface area contributed by atoms with Gasteiger partial charge in [0.2, 0.25) is 10.0 Å². The van der Waals surface area contributed by atoms with E-state index in [0.717, 1.165) is 15.6 Å². The molecule has 5 heteroatoms. The second-order valence-corrected chi connectivity index (χ2v) is 9.27. The summed E-state index contributed by atoms with van der Waals surface area (Å²) in [5.41, 5.74) is 1.81. The van der Waals surface area contributed by atoms with Crippen LogP contribution in [0.4, 0.5) is 0 Å². The lowest BCUT2D eigenvalue weighted by atomic mass is 10.1. The summed E-state index contributed by atoms with van der Waals surface area (Å²) in [6, 6.07) is 17.0. The van der Waals surface area contributed by atoms with E-state index in [1.165, 1.54) is 0 Å². The molecule has 0 fully saturated rings. The third-order valence-corrected chi connectivity index (χ3v) is 6.29. The van der Waals surface area contributed by atoms with Gasteiger partial charge in [-0.05, 0) is 36.1 Å². The van der Waals surface area contributed by atoms with Gasteiger partial charge in [0, 0.05) is 17.1 Å². The quantitative estimate of drug-likeness (QED) is 0.644. The summed E-state index contributed by atoms with van der Waals surface area (Å²) < 4.78 is 28.7. The first-order valence-electron chi connectivity index (χ1n) is 8.08. The van der Waals surface area contributed by atoms with Gasteiger partial charge < -0.3 is 0 Å². The van der Waals surface area contributed by atoms with Crippen LogP contribution in [-0.4, -0.2) is 19.3 Å². The highest BCUT2D eigenvalue weighted by Gasteiger charge is 2.29. The molecule has 0 saturated carbocycles. The Morgan fingerprint density at radius 2 is 1.54 bits per heavy atom. The van der Waals surface area contributed by atoms with Gasteiger partial charge in [-0.2, -0.15) is 4.31 Å². The Morgan fingerprint density at radius 1 is 0.958 bits per heavy atom. The Balaban J connectivity index is 2.31. The summed E-state index contributed by atoms with van der Waals surface area (Å²) >= 11 is 3.42. The first-order valence-corrected chi connectivity index (χ1v) is 10.5. The van der Waals surface area contributed by atoms with E-state index in [4.69, 9.17) is 0 Å². The van der Waals surface area contributed by atoms with Gasteiger partial charge in [-0.25, -0.2) is 8.42 Å². The van der Waals surface area contributed by atoms with Crippen LogP contribution >= 0.6 is 15.9 Å². The van der Waals surface area contributed by atoms with Crippen molar-refractivity contribution < 1.29 is 8.42 Å². The molecule has 0 unspecified atom stereocenters. The van der Waals surface area contributed by atoms with E-state index in [1.54, 1.807) is 4.31 Å². The second kappa shape index (κ2) is 8.28. The van der Waals surface area contributed by atoms with Crippen LogP contribution in [0.2, 0.25) is 0 Å². The van der Waals surface area contributed by atoms with E-state index in [-0.39, 0.29) is 17.7 Å². The molecule has 3 nitrogen and oxygen atoms in total. The number of nitrogens with zero attached hydrogens (tertiary/aromatic N) is 1. The lowest BCUT2D eigenvalue weighted by molar-refractivity contribution is 0.308. The normalized spacial score (nSPS) is 13.4. The van der Waals surface area contributed by atoms with Crippen LogP contribution in [0.25, 0.3) is 0 Å². The maximum Gasteiger partial charge on any atom is 0.218 e. The molecule has 130 valence electrons. The smallest absolute Gasteiger partial charge is 0.212 e. The minimum absolute atomic E-state index is 0.0292. The Labute approximate surface area is 153 Å². The number of benzene rings is 2. The third kappa shape index (κ3) is 5.16. The maximum atomic E-state index is 13.0. The third-order valence-electron chi connectivity index (χ3n) is 3.88. The number of sulfonamides is 1. The lowest BCUT2D eigenvalue weighted by Gasteiger charge is -2.30. The molecular weight excluding hydrogens is 386 g/mol. The highest BCUT2D eigenvalue weighted by molar-refractivity contribution is 9.10. The summed E-state index contributed by atoms with van der Waals surface area (Å²) in [7, 11) is -3.41. The average molecular weight is 410 g/mol. The molecule has 0 heterocycles. The van der Waals surface area contributed by atoms with E-state index in [9.17, 15) is 8.42 Å². The van der Waals surface area contributed by atoms with E-state index in [0.29, 0.717) is 6.54 Å². The number of halogens is 1.